The van der Waals surface area contributed by atoms with Gasteiger partial charge in [0.15, 0.2) is 0 Å². The largest absolute Gasteiger partial charge is 0.350 e. The first kappa shape index (κ1) is 19.9. The Morgan fingerprint density at radius 2 is 1.93 bits per heavy atom. The zero-order valence-corrected chi connectivity index (χ0v) is 17.0. The lowest BCUT2D eigenvalue weighted by atomic mass is 10.0. The minimum absolute atomic E-state index is 0.0209. The third-order valence-corrected chi connectivity index (χ3v) is 7.08. The van der Waals surface area contributed by atoms with Gasteiger partial charge in [0, 0.05) is 19.1 Å². The van der Waals surface area contributed by atoms with Crippen LogP contribution in [0.4, 0.5) is 0 Å². The SMILES string of the molecule is CCC(C)NC(=O)c1cc(S(=O)(=O)N2CCc3ccccc3C2)ccc1Cl. The van der Waals surface area contributed by atoms with E-state index in [2.05, 4.69) is 5.32 Å². The molecule has 1 N–H and O–H groups in total. The first-order valence-electron chi connectivity index (χ1n) is 9.00. The van der Waals surface area contributed by atoms with Crippen LogP contribution in [0.2, 0.25) is 5.02 Å². The Bertz CT molecular complexity index is 959. The molecule has 0 saturated heterocycles. The summed E-state index contributed by atoms with van der Waals surface area (Å²) < 4.78 is 27.7. The Kier molecular flexibility index (Phi) is 5.89. The van der Waals surface area contributed by atoms with Gasteiger partial charge in [-0.25, -0.2) is 8.42 Å². The monoisotopic (exact) mass is 406 g/mol. The van der Waals surface area contributed by atoms with Gasteiger partial charge in [0.1, 0.15) is 0 Å². The molecule has 144 valence electrons. The number of amides is 1. The third-order valence-electron chi connectivity index (χ3n) is 4.91. The maximum Gasteiger partial charge on any atom is 0.253 e. The highest BCUT2D eigenvalue weighted by molar-refractivity contribution is 7.89. The van der Waals surface area contributed by atoms with Crippen molar-refractivity contribution < 1.29 is 13.2 Å². The summed E-state index contributed by atoms with van der Waals surface area (Å²) in [5, 5.41) is 3.06. The second-order valence-electron chi connectivity index (χ2n) is 6.78. The molecule has 0 bridgehead atoms. The summed E-state index contributed by atoms with van der Waals surface area (Å²) in [7, 11) is -3.72. The number of fused-ring (bicyclic) bond motifs is 1. The molecule has 27 heavy (non-hydrogen) atoms. The molecular formula is C20H23ClN2O3S. The minimum Gasteiger partial charge on any atom is -0.350 e. The first-order chi connectivity index (χ1) is 12.8. The summed E-state index contributed by atoms with van der Waals surface area (Å²) in [5.74, 6) is -0.365. The molecule has 0 saturated carbocycles. The molecule has 5 nitrogen and oxygen atoms in total. The average Bonchev–Trinajstić information content (AvgIpc) is 2.67. The van der Waals surface area contributed by atoms with Crippen LogP contribution in [-0.4, -0.2) is 31.2 Å². The van der Waals surface area contributed by atoms with Gasteiger partial charge >= 0.3 is 0 Å². The summed E-state index contributed by atoms with van der Waals surface area (Å²) in [5.41, 5.74) is 2.36. The van der Waals surface area contributed by atoms with Crippen LogP contribution in [0.3, 0.4) is 0 Å². The van der Waals surface area contributed by atoms with Crippen molar-refractivity contribution in [3.05, 3.63) is 64.2 Å². The number of carbonyl (C=O) groups excluding carboxylic acids is 1. The standard InChI is InChI=1S/C20H23ClN2O3S/c1-3-14(2)22-20(24)18-12-17(8-9-19(18)21)27(25,26)23-11-10-15-6-4-5-7-16(15)13-23/h4-9,12,14H,3,10-11,13H2,1-2H3,(H,22,24). The van der Waals surface area contributed by atoms with Gasteiger partial charge in [-0.2, -0.15) is 4.31 Å². The molecular weight excluding hydrogens is 384 g/mol. The van der Waals surface area contributed by atoms with E-state index < -0.39 is 10.0 Å². The third kappa shape index (κ3) is 4.18. The van der Waals surface area contributed by atoms with E-state index >= 15 is 0 Å². The molecule has 0 spiro atoms. The number of carbonyl (C=O) groups is 1. The summed E-state index contributed by atoms with van der Waals surface area (Å²) in [4.78, 5) is 12.5. The summed E-state index contributed by atoms with van der Waals surface area (Å²) >= 11 is 6.15. The normalized spacial score (nSPS) is 15.8. The smallest absolute Gasteiger partial charge is 0.253 e. The molecule has 0 aliphatic carbocycles. The van der Waals surface area contributed by atoms with E-state index in [9.17, 15) is 13.2 Å². The predicted octanol–water partition coefficient (Wildman–Crippen LogP) is 3.62. The molecule has 1 atom stereocenters. The zero-order chi connectivity index (χ0) is 19.6. The number of sulfonamides is 1. The van der Waals surface area contributed by atoms with E-state index in [-0.39, 0.29) is 27.4 Å². The molecule has 1 unspecified atom stereocenters. The number of nitrogens with one attached hydrogen (secondary N) is 1. The molecule has 1 aliphatic heterocycles. The molecule has 0 fully saturated rings. The van der Waals surface area contributed by atoms with E-state index in [1.807, 2.05) is 38.1 Å². The number of halogens is 1. The van der Waals surface area contributed by atoms with Crippen molar-refractivity contribution in [2.45, 2.75) is 44.2 Å². The second kappa shape index (κ2) is 8.00. The van der Waals surface area contributed by atoms with Crippen LogP contribution in [0, 0.1) is 0 Å². The van der Waals surface area contributed by atoms with E-state index in [1.54, 1.807) is 0 Å². The molecule has 0 aromatic heterocycles. The highest BCUT2D eigenvalue weighted by atomic mass is 35.5. The molecule has 3 rings (SSSR count). The lowest BCUT2D eigenvalue weighted by Crippen LogP contribution is -2.36. The quantitative estimate of drug-likeness (QED) is 0.824. The average molecular weight is 407 g/mol. The van der Waals surface area contributed by atoms with E-state index in [4.69, 9.17) is 11.6 Å². The molecule has 1 amide bonds. The van der Waals surface area contributed by atoms with Gasteiger partial charge in [-0.3, -0.25) is 4.79 Å². The van der Waals surface area contributed by atoms with Crippen LogP contribution in [0.1, 0.15) is 41.8 Å². The fourth-order valence-electron chi connectivity index (χ4n) is 3.07. The van der Waals surface area contributed by atoms with Gasteiger partial charge in [-0.05, 0) is 49.1 Å². The molecule has 7 heteroatoms. The fourth-order valence-corrected chi connectivity index (χ4v) is 4.72. The van der Waals surface area contributed by atoms with Crippen molar-refractivity contribution in [2.24, 2.45) is 0 Å². The summed E-state index contributed by atoms with van der Waals surface area (Å²) in [6.45, 7) is 4.59. The van der Waals surface area contributed by atoms with Gasteiger partial charge in [-0.15, -0.1) is 0 Å². The van der Waals surface area contributed by atoms with Crippen molar-refractivity contribution in [1.82, 2.24) is 9.62 Å². The van der Waals surface area contributed by atoms with E-state index in [0.717, 1.165) is 12.0 Å². The van der Waals surface area contributed by atoms with Crippen LogP contribution in [-0.2, 0) is 23.0 Å². The molecule has 2 aromatic rings. The fraction of sp³-hybridized carbons (Fsp3) is 0.350. The van der Waals surface area contributed by atoms with E-state index in [1.165, 1.54) is 28.1 Å². The predicted molar refractivity (Wildman–Crippen MR) is 106 cm³/mol. The number of rotatable bonds is 5. The molecule has 0 radical (unpaired) electrons. The molecule has 1 heterocycles. The lowest BCUT2D eigenvalue weighted by molar-refractivity contribution is 0.0939. The summed E-state index contributed by atoms with van der Waals surface area (Å²) in [6, 6.07) is 12.1. The first-order valence-corrected chi connectivity index (χ1v) is 10.8. The van der Waals surface area contributed by atoms with Crippen LogP contribution >= 0.6 is 11.6 Å². The number of nitrogens with zero attached hydrogens (tertiary/aromatic N) is 1. The van der Waals surface area contributed by atoms with Crippen LogP contribution < -0.4 is 5.32 Å². The van der Waals surface area contributed by atoms with Gasteiger partial charge in [0.2, 0.25) is 10.0 Å². The highest BCUT2D eigenvalue weighted by Crippen LogP contribution is 2.27. The molecule has 1 aliphatic rings. The van der Waals surface area contributed by atoms with Crippen LogP contribution in [0.25, 0.3) is 0 Å². The Hall–Kier alpha value is -1.89. The topological polar surface area (TPSA) is 66.5 Å². The Labute approximate surface area is 165 Å². The van der Waals surface area contributed by atoms with Gasteiger partial charge < -0.3 is 5.32 Å². The number of hydrogen-bond acceptors (Lipinski definition) is 3. The number of hydrogen-bond donors (Lipinski definition) is 1. The molecule has 2 aromatic carbocycles. The summed E-state index contributed by atoms with van der Waals surface area (Å²) in [6.07, 6.45) is 1.44. The van der Waals surface area contributed by atoms with Gasteiger partial charge in [0.05, 0.1) is 15.5 Å². The van der Waals surface area contributed by atoms with Crippen molar-refractivity contribution >= 4 is 27.5 Å². The van der Waals surface area contributed by atoms with Gasteiger partial charge in [-0.1, -0.05) is 42.8 Å². The van der Waals surface area contributed by atoms with E-state index in [0.29, 0.717) is 19.5 Å². The van der Waals surface area contributed by atoms with Crippen molar-refractivity contribution in [2.75, 3.05) is 6.54 Å². The van der Waals surface area contributed by atoms with Crippen molar-refractivity contribution in [1.29, 1.82) is 0 Å². The lowest BCUT2D eigenvalue weighted by Gasteiger charge is -2.28. The van der Waals surface area contributed by atoms with Crippen molar-refractivity contribution in [3.8, 4) is 0 Å². The van der Waals surface area contributed by atoms with Crippen LogP contribution in [0.15, 0.2) is 47.4 Å². The highest BCUT2D eigenvalue weighted by Gasteiger charge is 2.29. The van der Waals surface area contributed by atoms with Crippen molar-refractivity contribution in [3.63, 3.8) is 0 Å². The maximum atomic E-state index is 13.1. The minimum atomic E-state index is -3.72. The Morgan fingerprint density at radius 1 is 1.22 bits per heavy atom. The van der Waals surface area contributed by atoms with Gasteiger partial charge in [0.25, 0.3) is 5.91 Å². The van der Waals surface area contributed by atoms with Crippen LogP contribution in [0.5, 0.6) is 0 Å². The Morgan fingerprint density at radius 3 is 2.63 bits per heavy atom. The zero-order valence-electron chi connectivity index (χ0n) is 15.4. The number of benzene rings is 2. The second-order valence-corrected chi connectivity index (χ2v) is 9.13. The maximum absolute atomic E-state index is 13.1. The Balaban J connectivity index is 1.89.